The zero-order valence-corrected chi connectivity index (χ0v) is 11.8. The van der Waals surface area contributed by atoms with Crippen molar-refractivity contribution in [2.45, 2.75) is 32.1 Å². The smallest absolute Gasteiger partial charge is 0.225 e. The van der Waals surface area contributed by atoms with Crippen LogP contribution in [0, 0.1) is 17.3 Å². The van der Waals surface area contributed by atoms with Gasteiger partial charge in [0, 0.05) is 18.8 Å². The number of benzene rings is 1. The van der Waals surface area contributed by atoms with Crippen molar-refractivity contribution in [1.82, 2.24) is 5.32 Å². The Kier molecular flexibility index (Phi) is 2.76. The SMILES string of the molecule is O=C(NCC1(C2CC2)CC1)C1CNc2ccccc2C1. The van der Waals surface area contributed by atoms with E-state index in [9.17, 15) is 4.79 Å². The molecule has 0 bridgehead atoms. The lowest BCUT2D eigenvalue weighted by molar-refractivity contribution is -0.124. The second-order valence-electron chi connectivity index (χ2n) is 6.79. The summed E-state index contributed by atoms with van der Waals surface area (Å²) in [7, 11) is 0. The standard InChI is InChI=1S/C17H22N2O/c20-16(19-11-17(7-8-17)14-5-6-14)13-9-12-3-1-2-4-15(12)18-10-13/h1-4,13-14,18H,5-11H2,(H,19,20). The summed E-state index contributed by atoms with van der Waals surface area (Å²) < 4.78 is 0. The highest BCUT2D eigenvalue weighted by molar-refractivity contribution is 5.80. The van der Waals surface area contributed by atoms with Crippen LogP contribution >= 0.6 is 0 Å². The number of carbonyl (C=O) groups is 1. The van der Waals surface area contributed by atoms with Crippen LogP contribution in [0.15, 0.2) is 24.3 Å². The third kappa shape index (κ3) is 2.19. The first-order valence-corrected chi connectivity index (χ1v) is 7.86. The minimum absolute atomic E-state index is 0.0832. The van der Waals surface area contributed by atoms with Gasteiger partial charge in [0.25, 0.3) is 0 Å². The van der Waals surface area contributed by atoms with E-state index in [4.69, 9.17) is 0 Å². The summed E-state index contributed by atoms with van der Waals surface area (Å²) in [5.74, 6) is 1.23. The summed E-state index contributed by atoms with van der Waals surface area (Å²) in [5.41, 5.74) is 2.95. The summed E-state index contributed by atoms with van der Waals surface area (Å²) in [5, 5.41) is 6.61. The second kappa shape index (κ2) is 4.51. The third-order valence-corrected chi connectivity index (χ3v) is 5.34. The molecule has 3 nitrogen and oxygen atoms in total. The van der Waals surface area contributed by atoms with Crippen LogP contribution in [0.3, 0.4) is 0 Å². The van der Waals surface area contributed by atoms with Gasteiger partial charge in [-0.2, -0.15) is 0 Å². The summed E-state index contributed by atoms with van der Waals surface area (Å²) >= 11 is 0. The fraction of sp³-hybridized carbons (Fsp3) is 0.588. The van der Waals surface area contributed by atoms with E-state index in [1.54, 1.807) is 0 Å². The number of para-hydroxylation sites is 1. The number of nitrogens with one attached hydrogen (secondary N) is 2. The quantitative estimate of drug-likeness (QED) is 0.883. The number of amides is 1. The fourth-order valence-electron chi connectivity index (χ4n) is 3.62. The zero-order valence-electron chi connectivity index (χ0n) is 11.8. The molecule has 1 aromatic rings. The molecule has 4 rings (SSSR count). The molecule has 1 atom stereocenters. The first-order valence-electron chi connectivity index (χ1n) is 7.86. The van der Waals surface area contributed by atoms with Gasteiger partial charge in [0.05, 0.1) is 5.92 Å². The van der Waals surface area contributed by atoms with E-state index in [0.29, 0.717) is 5.41 Å². The lowest BCUT2D eigenvalue weighted by Crippen LogP contribution is -2.40. The van der Waals surface area contributed by atoms with Crippen LogP contribution < -0.4 is 10.6 Å². The van der Waals surface area contributed by atoms with Gasteiger partial charge in [0.15, 0.2) is 0 Å². The minimum Gasteiger partial charge on any atom is -0.384 e. The highest BCUT2D eigenvalue weighted by atomic mass is 16.1. The molecular weight excluding hydrogens is 248 g/mol. The molecule has 0 saturated heterocycles. The minimum atomic E-state index is 0.0832. The first kappa shape index (κ1) is 12.2. The number of rotatable bonds is 4. The number of hydrogen-bond acceptors (Lipinski definition) is 2. The molecule has 2 saturated carbocycles. The Labute approximate surface area is 120 Å². The molecule has 0 aromatic heterocycles. The highest BCUT2D eigenvalue weighted by Crippen LogP contribution is 2.60. The van der Waals surface area contributed by atoms with Crippen LogP contribution in [0.1, 0.15) is 31.2 Å². The van der Waals surface area contributed by atoms with Crippen LogP contribution in [0.4, 0.5) is 5.69 Å². The van der Waals surface area contributed by atoms with Gasteiger partial charge in [-0.25, -0.2) is 0 Å². The topological polar surface area (TPSA) is 41.1 Å². The molecule has 2 fully saturated rings. The van der Waals surface area contributed by atoms with Crippen molar-refractivity contribution < 1.29 is 4.79 Å². The average molecular weight is 270 g/mol. The van der Waals surface area contributed by atoms with Crippen LogP contribution in [0.5, 0.6) is 0 Å². The second-order valence-corrected chi connectivity index (χ2v) is 6.79. The van der Waals surface area contributed by atoms with Crippen LogP contribution in [-0.2, 0) is 11.2 Å². The van der Waals surface area contributed by atoms with Crippen molar-refractivity contribution in [3.8, 4) is 0 Å². The van der Waals surface area contributed by atoms with Crippen LogP contribution in [0.25, 0.3) is 0 Å². The molecule has 3 aliphatic rings. The summed E-state index contributed by atoms with van der Waals surface area (Å²) in [6.07, 6.45) is 6.28. The monoisotopic (exact) mass is 270 g/mol. The van der Waals surface area contributed by atoms with E-state index in [2.05, 4.69) is 22.8 Å². The Morgan fingerprint density at radius 1 is 1.30 bits per heavy atom. The molecule has 20 heavy (non-hydrogen) atoms. The Hall–Kier alpha value is -1.51. The molecule has 0 radical (unpaired) electrons. The van der Waals surface area contributed by atoms with E-state index in [1.165, 1.54) is 36.9 Å². The average Bonchev–Trinajstić information content (AvgIpc) is 3.37. The Bertz CT molecular complexity index is 532. The van der Waals surface area contributed by atoms with Gasteiger partial charge in [0.2, 0.25) is 5.91 Å². The lowest BCUT2D eigenvalue weighted by atomic mass is 9.93. The maximum Gasteiger partial charge on any atom is 0.225 e. The molecule has 1 heterocycles. The van der Waals surface area contributed by atoms with Gasteiger partial charge < -0.3 is 10.6 Å². The number of fused-ring (bicyclic) bond motifs is 1. The largest absolute Gasteiger partial charge is 0.384 e. The summed E-state index contributed by atoms with van der Waals surface area (Å²) in [4.78, 5) is 12.4. The van der Waals surface area contributed by atoms with Gasteiger partial charge in [-0.1, -0.05) is 18.2 Å². The highest BCUT2D eigenvalue weighted by Gasteiger charge is 2.53. The zero-order chi connectivity index (χ0) is 13.6. The van der Waals surface area contributed by atoms with Crippen LogP contribution in [-0.4, -0.2) is 19.0 Å². The van der Waals surface area contributed by atoms with Gasteiger partial charge in [0.1, 0.15) is 0 Å². The normalized spacial score (nSPS) is 26.3. The predicted octanol–water partition coefficient (Wildman–Crippen LogP) is 2.58. The Morgan fingerprint density at radius 3 is 2.85 bits per heavy atom. The van der Waals surface area contributed by atoms with Crippen molar-refractivity contribution in [2.75, 3.05) is 18.4 Å². The van der Waals surface area contributed by atoms with Crippen molar-refractivity contribution in [1.29, 1.82) is 0 Å². The molecule has 1 amide bonds. The molecule has 1 unspecified atom stereocenters. The number of anilines is 1. The molecule has 1 aromatic carbocycles. The van der Waals surface area contributed by atoms with Crippen molar-refractivity contribution in [3.63, 3.8) is 0 Å². The molecule has 2 N–H and O–H groups in total. The van der Waals surface area contributed by atoms with Crippen molar-refractivity contribution in [2.24, 2.45) is 17.3 Å². The maximum atomic E-state index is 12.4. The van der Waals surface area contributed by atoms with Gasteiger partial charge in [-0.05, 0) is 55.1 Å². The van der Waals surface area contributed by atoms with E-state index in [1.807, 2.05) is 12.1 Å². The van der Waals surface area contributed by atoms with E-state index in [0.717, 1.165) is 25.4 Å². The molecule has 2 aliphatic carbocycles. The summed E-state index contributed by atoms with van der Waals surface area (Å²) in [6, 6.07) is 8.30. The molecule has 1 aliphatic heterocycles. The van der Waals surface area contributed by atoms with Gasteiger partial charge >= 0.3 is 0 Å². The third-order valence-electron chi connectivity index (χ3n) is 5.34. The number of carbonyl (C=O) groups excluding carboxylic acids is 1. The van der Waals surface area contributed by atoms with Gasteiger partial charge in [-0.15, -0.1) is 0 Å². The van der Waals surface area contributed by atoms with Gasteiger partial charge in [-0.3, -0.25) is 4.79 Å². The van der Waals surface area contributed by atoms with E-state index >= 15 is 0 Å². The summed E-state index contributed by atoms with van der Waals surface area (Å²) in [6.45, 7) is 1.67. The molecule has 106 valence electrons. The number of hydrogen-bond donors (Lipinski definition) is 2. The van der Waals surface area contributed by atoms with Crippen molar-refractivity contribution >= 4 is 11.6 Å². The molecular formula is C17H22N2O. The Balaban J connectivity index is 1.35. The fourth-order valence-corrected chi connectivity index (χ4v) is 3.62. The van der Waals surface area contributed by atoms with Crippen molar-refractivity contribution in [3.05, 3.63) is 29.8 Å². The molecule has 3 heteroatoms. The lowest BCUT2D eigenvalue weighted by Gasteiger charge is -2.26. The first-order chi connectivity index (χ1) is 9.77. The Morgan fingerprint density at radius 2 is 2.10 bits per heavy atom. The predicted molar refractivity (Wildman–Crippen MR) is 79.5 cm³/mol. The maximum absolute atomic E-state index is 12.4. The van der Waals surface area contributed by atoms with Crippen LogP contribution in [0.2, 0.25) is 0 Å². The molecule has 0 spiro atoms. The van der Waals surface area contributed by atoms with E-state index in [-0.39, 0.29) is 11.8 Å². The van der Waals surface area contributed by atoms with E-state index < -0.39 is 0 Å².